The van der Waals surface area contributed by atoms with Crippen molar-refractivity contribution in [3.8, 4) is 5.75 Å². The summed E-state index contributed by atoms with van der Waals surface area (Å²) in [4.78, 5) is 0. The Labute approximate surface area is 97.1 Å². The fourth-order valence-electron chi connectivity index (χ4n) is 1.26. The third-order valence-electron chi connectivity index (χ3n) is 2.21. The molecule has 0 aliphatic carbocycles. The van der Waals surface area contributed by atoms with Gasteiger partial charge in [-0.2, -0.15) is 0 Å². The first-order valence-electron chi connectivity index (χ1n) is 5.17. The molecule has 0 amide bonds. The molecule has 1 unspecified atom stereocenters. The van der Waals surface area contributed by atoms with E-state index in [1.807, 2.05) is 6.92 Å². The zero-order valence-corrected chi connectivity index (χ0v) is 10.0. The third-order valence-corrected chi connectivity index (χ3v) is 3.52. The summed E-state index contributed by atoms with van der Waals surface area (Å²) in [7, 11) is -0.794. The molecule has 0 heterocycles. The number of halogens is 1. The Hall–Kier alpha value is -0.940. The maximum Gasteiger partial charge on any atom is 0.165 e. The van der Waals surface area contributed by atoms with Crippen molar-refractivity contribution in [2.75, 3.05) is 18.1 Å². The van der Waals surface area contributed by atoms with Crippen LogP contribution in [0.4, 0.5) is 4.39 Å². The zero-order chi connectivity index (χ0) is 12.0. The second-order valence-corrected chi connectivity index (χ2v) is 5.22. The van der Waals surface area contributed by atoms with E-state index in [-0.39, 0.29) is 5.75 Å². The molecule has 1 rings (SSSR count). The maximum atomic E-state index is 12.9. The number of aromatic hydroxyl groups is 1. The van der Waals surface area contributed by atoms with Gasteiger partial charge >= 0.3 is 0 Å². The first-order valence-corrected chi connectivity index (χ1v) is 6.66. The second kappa shape index (κ2) is 6.60. The molecule has 0 saturated heterocycles. The Balaban J connectivity index is 2.38. The molecule has 0 aliphatic rings. The highest BCUT2D eigenvalue weighted by Gasteiger charge is 2.05. The number of nitrogens with one attached hydrogen (secondary N) is 1. The van der Waals surface area contributed by atoms with Gasteiger partial charge in [-0.25, -0.2) is 4.39 Å². The molecule has 2 N–H and O–H groups in total. The van der Waals surface area contributed by atoms with E-state index < -0.39 is 16.6 Å². The van der Waals surface area contributed by atoms with Crippen LogP contribution in [0.2, 0.25) is 0 Å². The molecular formula is C11H16FNO2S. The van der Waals surface area contributed by atoms with Crippen molar-refractivity contribution in [2.24, 2.45) is 0 Å². The number of phenolic OH excluding ortho intramolecular Hbond substituents is 1. The third kappa shape index (κ3) is 3.90. The molecule has 0 fully saturated rings. The number of phenols is 1. The highest BCUT2D eigenvalue weighted by molar-refractivity contribution is 7.84. The van der Waals surface area contributed by atoms with Crippen molar-refractivity contribution in [2.45, 2.75) is 13.5 Å². The van der Waals surface area contributed by atoms with Gasteiger partial charge in [0.15, 0.2) is 11.6 Å². The molecule has 1 aromatic carbocycles. The lowest BCUT2D eigenvalue weighted by Crippen LogP contribution is -2.20. The second-order valence-electron chi connectivity index (χ2n) is 3.36. The summed E-state index contributed by atoms with van der Waals surface area (Å²) in [5.74, 6) is 0.294. The van der Waals surface area contributed by atoms with Crippen molar-refractivity contribution in [1.82, 2.24) is 5.32 Å². The van der Waals surface area contributed by atoms with Gasteiger partial charge in [-0.05, 0) is 6.07 Å². The van der Waals surface area contributed by atoms with Crippen LogP contribution in [-0.2, 0) is 17.3 Å². The number of hydrogen-bond donors (Lipinski definition) is 2. The Morgan fingerprint density at radius 3 is 2.94 bits per heavy atom. The predicted octanol–water partition coefficient (Wildman–Crippen LogP) is 1.39. The summed E-state index contributed by atoms with van der Waals surface area (Å²) in [6.45, 7) is 2.84. The molecule has 90 valence electrons. The van der Waals surface area contributed by atoms with Crippen LogP contribution in [0.1, 0.15) is 12.5 Å². The van der Waals surface area contributed by atoms with E-state index in [0.717, 1.165) is 0 Å². The van der Waals surface area contributed by atoms with Crippen molar-refractivity contribution >= 4 is 10.8 Å². The van der Waals surface area contributed by atoms with Crippen LogP contribution in [0.3, 0.4) is 0 Å². The summed E-state index contributed by atoms with van der Waals surface area (Å²) in [5, 5.41) is 12.4. The van der Waals surface area contributed by atoms with Crippen LogP contribution in [0.15, 0.2) is 18.2 Å². The Kier molecular flexibility index (Phi) is 5.42. The molecule has 0 aromatic heterocycles. The lowest BCUT2D eigenvalue weighted by molar-refractivity contribution is 0.423. The molecule has 5 heteroatoms. The smallest absolute Gasteiger partial charge is 0.165 e. The summed E-state index contributed by atoms with van der Waals surface area (Å²) in [6.07, 6.45) is 0. The van der Waals surface area contributed by atoms with Crippen molar-refractivity contribution in [3.05, 3.63) is 29.6 Å². The summed E-state index contributed by atoms with van der Waals surface area (Å²) >= 11 is 0. The Morgan fingerprint density at radius 2 is 2.25 bits per heavy atom. The first kappa shape index (κ1) is 13.1. The minimum absolute atomic E-state index is 0.313. The van der Waals surface area contributed by atoms with E-state index in [1.165, 1.54) is 6.07 Å². The molecule has 0 radical (unpaired) electrons. The van der Waals surface area contributed by atoms with E-state index in [2.05, 4.69) is 5.32 Å². The van der Waals surface area contributed by atoms with E-state index in [0.29, 0.717) is 30.2 Å². The molecule has 0 spiro atoms. The molecule has 0 bridgehead atoms. The molecule has 3 nitrogen and oxygen atoms in total. The molecule has 0 saturated carbocycles. The standard InChI is InChI=1S/C11H16FNO2S/c1-2-16(15)7-6-13-8-9-4-3-5-10(12)11(9)14/h3-5,13-14H,2,6-8H2,1H3. The van der Waals surface area contributed by atoms with Gasteiger partial charge in [0, 0.05) is 41.0 Å². The highest BCUT2D eigenvalue weighted by atomic mass is 32.2. The topological polar surface area (TPSA) is 49.3 Å². The quantitative estimate of drug-likeness (QED) is 0.745. The number of benzene rings is 1. The summed E-state index contributed by atoms with van der Waals surface area (Å²) in [6, 6.07) is 4.42. The van der Waals surface area contributed by atoms with Gasteiger partial charge in [-0.1, -0.05) is 19.1 Å². The van der Waals surface area contributed by atoms with Crippen LogP contribution in [0, 0.1) is 5.82 Å². The number of rotatable bonds is 6. The largest absolute Gasteiger partial charge is 0.505 e. The zero-order valence-electron chi connectivity index (χ0n) is 9.20. The fraction of sp³-hybridized carbons (Fsp3) is 0.455. The van der Waals surface area contributed by atoms with Crippen LogP contribution in [0.5, 0.6) is 5.75 Å². The van der Waals surface area contributed by atoms with Crippen molar-refractivity contribution in [1.29, 1.82) is 0 Å². The molecule has 0 aliphatic heterocycles. The average molecular weight is 245 g/mol. The van der Waals surface area contributed by atoms with Gasteiger partial charge in [-0.3, -0.25) is 4.21 Å². The summed E-state index contributed by atoms with van der Waals surface area (Å²) < 4.78 is 24.1. The first-order chi connectivity index (χ1) is 7.65. The molecular weight excluding hydrogens is 229 g/mol. The lowest BCUT2D eigenvalue weighted by atomic mass is 10.2. The minimum Gasteiger partial charge on any atom is -0.505 e. The normalized spacial score (nSPS) is 12.6. The average Bonchev–Trinajstić information content (AvgIpc) is 2.29. The molecule has 1 atom stereocenters. The fourth-order valence-corrected chi connectivity index (χ4v) is 1.92. The van der Waals surface area contributed by atoms with Crippen LogP contribution >= 0.6 is 0 Å². The van der Waals surface area contributed by atoms with Gasteiger partial charge in [0.05, 0.1) is 0 Å². The van der Waals surface area contributed by atoms with E-state index in [1.54, 1.807) is 12.1 Å². The van der Waals surface area contributed by atoms with Gasteiger partial charge < -0.3 is 10.4 Å². The SMILES string of the molecule is CCS(=O)CCNCc1cccc(F)c1O. The predicted molar refractivity (Wildman–Crippen MR) is 63.3 cm³/mol. The van der Waals surface area contributed by atoms with E-state index in [4.69, 9.17) is 0 Å². The van der Waals surface area contributed by atoms with E-state index in [9.17, 15) is 13.7 Å². The molecule has 1 aromatic rings. The van der Waals surface area contributed by atoms with Gasteiger partial charge in [-0.15, -0.1) is 0 Å². The Morgan fingerprint density at radius 1 is 1.50 bits per heavy atom. The highest BCUT2D eigenvalue weighted by Crippen LogP contribution is 2.19. The van der Waals surface area contributed by atoms with Crippen LogP contribution in [-0.4, -0.2) is 27.4 Å². The van der Waals surface area contributed by atoms with Crippen LogP contribution < -0.4 is 5.32 Å². The van der Waals surface area contributed by atoms with Crippen LogP contribution in [0.25, 0.3) is 0 Å². The number of hydrogen-bond acceptors (Lipinski definition) is 3. The number of para-hydroxylation sites is 1. The Bertz CT molecular complexity index is 371. The summed E-state index contributed by atoms with van der Waals surface area (Å²) in [5.41, 5.74) is 0.516. The van der Waals surface area contributed by atoms with Crippen molar-refractivity contribution in [3.63, 3.8) is 0 Å². The minimum atomic E-state index is -0.794. The molecule has 16 heavy (non-hydrogen) atoms. The van der Waals surface area contributed by atoms with E-state index >= 15 is 0 Å². The van der Waals surface area contributed by atoms with Gasteiger partial charge in [0.1, 0.15) is 0 Å². The van der Waals surface area contributed by atoms with Crippen molar-refractivity contribution < 1.29 is 13.7 Å². The maximum absolute atomic E-state index is 12.9. The van der Waals surface area contributed by atoms with Gasteiger partial charge in [0.2, 0.25) is 0 Å². The monoisotopic (exact) mass is 245 g/mol. The lowest BCUT2D eigenvalue weighted by Gasteiger charge is -2.06. The van der Waals surface area contributed by atoms with Gasteiger partial charge in [0.25, 0.3) is 0 Å².